The second-order valence-electron chi connectivity index (χ2n) is 8.19. The molecular weight excluding hydrogens is 426 g/mol. The normalized spacial score (nSPS) is 11.4. The van der Waals surface area contributed by atoms with Gasteiger partial charge in [-0.05, 0) is 69.2 Å². The van der Waals surface area contributed by atoms with Gasteiger partial charge in [0.25, 0.3) is 0 Å². The zero-order valence-corrected chi connectivity index (χ0v) is 19.7. The van der Waals surface area contributed by atoms with E-state index in [4.69, 9.17) is 4.74 Å². The number of thiazole rings is 1. The van der Waals surface area contributed by atoms with Gasteiger partial charge in [0.05, 0.1) is 10.2 Å². The summed E-state index contributed by atoms with van der Waals surface area (Å²) in [6, 6.07) is 12.6. The van der Waals surface area contributed by atoms with Gasteiger partial charge in [0.15, 0.2) is 10.7 Å². The number of ether oxygens (including phenoxy) is 1. The average Bonchev–Trinajstić information content (AvgIpc) is 3.13. The SMILES string of the molecule is CCCCCN(C(=O)Nc1nc2ccc(C)cc2s1)c1ccc(OC(C)(C)C(=O)O)cc1. The molecule has 0 unspecified atom stereocenters. The van der Waals surface area contributed by atoms with E-state index in [9.17, 15) is 14.7 Å². The molecule has 2 amide bonds. The van der Waals surface area contributed by atoms with Crippen LogP contribution in [-0.4, -0.2) is 34.2 Å². The van der Waals surface area contributed by atoms with Gasteiger partial charge < -0.3 is 9.84 Å². The fourth-order valence-corrected chi connectivity index (χ4v) is 4.10. The van der Waals surface area contributed by atoms with Crippen LogP contribution in [0.1, 0.15) is 45.6 Å². The van der Waals surface area contributed by atoms with Crippen molar-refractivity contribution in [2.75, 3.05) is 16.8 Å². The number of carbonyl (C=O) groups excluding carboxylic acids is 1. The minimum atomic E-state index is -1.34. The lowest BCUT2D eigenvalue weighted by atomic mass is 10.1. The van der Waals surface area contributed by atoms with Gasteiger partial charge in [-0.15, -0.1) is 0 Å². The van der Waals surface area contributed by atoms with Crippen molar-refractivity contribution in [2.45, 2.75) is 52.6 Å². The highest BCUT2D eigenvalue weighted by molar-refractivity contribution is 7.22. The number of hydrogen-bond donors (Lipinski definition) is 2. The summed E-state index contributed by atoms with van der Waals surface area (Å²) >= 11 is 1.45. The van der Waals surface area contributed by atoms with Gasteiger partial charge in [-0.3, -0.25) is 10.2 Å². The van der Waals surface area contributed by atoms with E-state index in [1.54, 1.807) is 29.2 Å². The molecule has 8 heteroatoms. The number of fused-ring (bicyclic) bond motifs is 1. The summed E-state index contributed by atoms with van der Waals surface area (Å²) in [5.41, 5.74) is 1.37. The Morgan fingerprint density at radius 1 is 1.16 bits per heavy atom. The molecule has 7 nitrogen and oxygen atoms in total. The van der Waals surface area contributed by atoms with E-state index in [1.807, 2.05) is 19.1 Å². The van der Waals surface area contributed by atoms with E-state index in [0.717, 1.165) is 35.0 Å². The molecule has 2 N–H and O–H groups in total. The first kappa shape index (κ1) is 23.5. The van der Waals surface area contributed by atoms with Crippen molar-refractivity contribution in [3.63, 3.8) is 0 Å². The molecule has 2 aromatic carbocycles. The molecule has 0 fully saturated rings. The van der Waals surface area contributed by atoms with E-state index in [0.29, 0.717) is 23.1 Å². The third kappa shape index (κ3) is 5.76. The molecule has 0 radical (unpaired) electrons. The zero-order chi connectivity index (χ0) is 23.3. The number of rotatable bonds is 9. The van der Waals surface area contributed by atoms with Crippen LogP contribution in [0.25, 0.3) is 10.2 Å². The largest absolute Gasteiger partial charge is 0.478 e. The minimum absolute atomic E-state index is 0.253. The minimum Gasteiger partial charge on any atom is -0.478 e. The van der Waals surface area contributed by atoms with Crippen LogP contribution in [0.15, 0.2) is 42.5 Å². The maximum absolute atomic E-state index is 13.1. The number of hydrogen-bond acceptors (Lipinski definition) is 5. The van der Waals surface area contributed by atoms with Crippen molar-refractivity contribution < 1.29 is 19.4 Å². The molecule has 0 spiro atoms. The number of urea groups is 1. The Labute approximate surface area is 192 Å². The Balaban J connectivity index is 1.78. The van der Waals surface area contributed by atoms with Crippen LogP contribution in [0, 0.1) is 6.92 Å². The lowest BCUT2D eigenvalue weighted by Crippen LogP contribution is -2.38. The van der Waals surface area contributed by atoms with Gasteiger partial charge in [-0.25, -0.2) is 14.6 Å². The molecule has 1 heterocycles. The van der Waals surface area contributed by atoms with Crippen molar-refractivity contribution in [3.05, 3.63) is 48.0 Å². The summed E-state index contributed by atoms with van der Waals surface area (Å²) in [7, 11) is 0. The van der Waals surface area contributed by atoms with Crippen LogP contribution in [0.5, 0.6) is 5.75 Å². The first-order valence-corrected chi connectivity index (χ1v) is 11.5. The summed E-state index contributed by atoms with van der Waals surface area (Å²) in [5.74, 6) is -0.621. The van der Waals surface area contributed by atoms with E-state index in [-0.39, 0.29) is 6.03 Å². The quantitative estimate of drug-likeness (QED) is 0.382. The molecule has 0 saturated carbocycles. The Kier molecular flexibility index (Phi) is 7.35. The van der Waals surface area contributed by atoms with Crippen LogP contribution < -0.4 is 15.0 Å². The highest BCUT2D eigenvalue weighted by Gasteiger charge is 2.29. The zero-order valence-electron chi connectivity index (χ0n) is 18.8. The number of nitrogens with zero attached hydrogens (tertiary/aromatic N) is 2. The lowest BCUT2D eigenvalue weighted by Gasteiger charge is -2.24. The van der Waals surface area contributed by atoms with Crippen LogP contribution in [0.2, 0.25) is 0 Å². The van der Waals surface area contributed by atoms with Crippen molar-refractivity contribution in [1.29, 1.82) is 0 Å². The highest BCUT2D eigenvalue weighted by Crippen LogP contribution is 2.28. The Morgan fingerprint density at radius 2 is 1.88 bits per heavy atom. The van der Waals surface area contributed by atoms with E-state index < -0.39 is 11.6 Å². The Morgan fingerprint density at radius 3 is 2.53 bits per heavy atom. The van der Waals surface area contributed by atoms with Gasteiger partial charge in [0, 0.05) is 12.2 Å². The molecule has 0 aliphatic rings. The van der Waals surface area contributed by atoms with Crippen molar-refractivity contribution in [1.82, 2.24) is 4.98 Å². The van der Waals surface area contributed by atoms with Crippen LogP contribution in [0.4, 0.5) is 15.6 Å². The third-order valence-corrected chi connectivity index (χ3v) is 5.96. The molecule has 0 aliphatic heterocycles. The molecular formula is C24H29N3O4S. The molecule has 32 heavy (non-hydrogen) atoms. The molecule has 0 atom stereocenters. The second kappa shape index (κ2) is 9.99. The number of amides is 2. The maximum Gasteiger partial charge on any atom is 0.347 e. The number of aromatic nitrogens is 1. The van der Waals surface area contributed by atoms with Crippen molar-refractivity contribution >= 4 is 44.4 Å². The Bertz CT molecular complexity index is 1090. The predicted molar refractivity (Wildman–Crippen MR) is 129 cm³/mol. The first-order valence-electron chi connectivity index (χ1n) is 10.7. The standard InChI is InChI=1S/C24H29N3O4S/c1-5-6-7-14-27(17-9-11-18(12-10-17)31-24(3,4)21(28)29)23(30)26-22-25-19-13-8-16(2)15-20(19)32-22/h8-13,15H,5-7,14H2,1-4H3,(H,28,29)(H,25,26,30). The van der Waals surface area contributed by atoms with E-state index in [1.165, 1.54) is 25.2 Å². The highest BCUT2D eigenvalue weighted by atomic mass is 32.1. The summed E-state index contributed by atoms with van der Waals surface area (Å²) in [6.45, 7) is 7.69. The first-order chi connectivity index (χ1) is 15.2. The summed E-state index contributed by atoms with van der Waals surface area (Å²) < 4.78 is 6.60. The van der Waals surface area contributed by atoms with Gasteiger partial charge in [-0.1, -0.05) is 37.2 Å². The average molecular weight is 456 g/mol. The van der Waals surface area contributed by atoms with Gasteiger partial charge in [0.1, 0.15) is 5.75 Å². The molecule has 0 bridgehead atoms. The van der Waals surface area contributed by atoms with E-state index >= 15 is 0 Å². The second-order valence-corrected chi connectivity index (χ2v) is 9.22. The summed E-state index contributed by atoms with van der Waals surface area (Å²) in [4.78, 5) is 30.6. The van der Waals surface area contributed by atoms with E-state index in [2.05, 4.69) is 23.3 Å². The van der Waals surface area contributed by atoms with Crippen molar-refractivity contribution in [3.8, 4) is 5.75 Å². The topological polar surface area (TPSA) is 91.8 Å². The third-order valence-electron chi connectivity index (χ3n) is 5.02. The number of aliphatic carboxylic acids is 1. The number of anilines is 2. The fourth-order valence-electron chi connectivity index (χ4n) is 3.14. The number of carboxylic acids is 1. The molecule has 3 rings (SSSR count). The van der Waals surface area contributed by atoms with Gasteiger partial charge in [-0.2, -0.15) is 0 Å². The van der Waals surface area contributed by atoms with Crippen LogP contribution in [-0.2, 0) is 4.79 Å². The summed E-state index contributed by atoms with van der Waals surface area (Å²) in [6.07, 6.45) is 2.93. The smallest absolute Gasteiger partial charge is 0.347 e. The fraction of sp³-hybridized carbons (Fsp3) is 0.375. The van der Waals surface area contributed by atoms with Crippen LogP contribution in [0.3, 0.4) is 0 Å². The number of carboxylic acid groups (broad SMARTS) is 1. The maximum atomic E-state index is 13.1. The number of nitrogens with one attached hydrogen (secondary N) is 1. The number of unbranched alkanes of at least 4 members (excludes halogenated alkanes) is 2. The molecule has 0 saturated heterocycles. The van der Waals surface area contributed by atoms with Gasteiger partial charge >= 0.3 is 12.0 Å². The lowest BCUT2D eigenvalue weighted by molar-refractivity contribution is -0.152. The molecule has 0 aliphatic carbocycles. The van der Waals surface area contributed by atoms with Gasteiger partial charge in [0.2, 0.25) is 0 Å². The molecule has 170 valence electrons. The number of aryl methyl sites for hydroxylation is 1. The number of benzene rings is 2. The number of carbonyl (C=O) groups is 2. The van der Waals surface area contributed by atoms with Crippen molar-refractivity contribution in [2.24, 2.45) is 0 Å². The monoisotopic (exact) mass is 455 g/mol. The molecule has 3 aromatic rings. The van der Waals surface area contributed by atoms with Crippen LogP contribution >= 0.6 is 11.3 Å². The Hall–Kier alpha value is -3.13. The summed E-state index contributed by atoms with van der Waals surface area (Å²) in [5, 5.41) is 12.7. The predicted octanol–water partition coefficient (Wildman–Crippen LogP) is 6.08. The molecule has 1 aromatic heterocycles.